The van der Waals surface area contributed by atoms with Crippen molar-refractivity contribution in [1.82, 2.24) is 0 Å². The van der Waals surface area contributed by atoms with E-state index in [1.165, 1.54) is 12.8 Å². The number of Topliss-reactive ketones (excluding diaryl/α,β-unsaturated/α-hetero) is 1. The van der Waals surface area contributed by atoms with Crippen molar-refractivity contribution in [3.8, 4) is 0 Å². The molecule has 0 aromatic carbocycles. The molecule has 0 aliphatic heterocycles. The maximum Gasteiger partial charge on any atom is 0.139 e. The fraction of sp³-hybridized carbons (Fsp3) is 0.786. The van der Waals surface area contributed by atoms with Crippen LogP contribution in [0.1, 0.15) is 52.9 Å². The fourth-order valence-corrected chi connectivity index (χ4v) is 3.08. The van der Waals surface area contributed by atoms with Crippen LogP contribution in [0.4, 0.5) is 0 Å². The van der Waals surface area contributed by atoms with E-state index in [1.54, 1.807) is 0 Å². The van der Waals surface area contributed by atoms with Crippen LogP contribution in [0.5, 0.6) is 0 Å². The molecular weight excluding hydrogens is 184 g/mol. The summed E-state index contributed by atoms with van der Waals surface area (Å²) in [4.78, 5) is 12.4. The second kappa shape index (κ2) is 3.47. The summed E-state index contributed by atoms with van der Waals surface area (Å²) in [5.74, 6) is 1.09. The van der Waals surface area contributed by atoms with E-state index in [-0.39, 0.29) is 10.8 Å². The Labute approximate surface area is 92.9 Å². The molecule has 0 heterocycles. The lowest BCUT2D eigenvalue weighted by Gasteiger charge is -2.36. The van der Waals surface area contributed by atoms with Crippen molar-refractivity contribution < 1.29 is 4.79 Å². The number of allylic oxidation sites excluding steroid dienone is 2. The Morgan fingerprint density at radius 2 is 2.00 bits per heavy atom. The Morgan fingerprint density at radius 3 is 2.73 bits per heavy atom. The Bertz CT molecular complexity index is 300. The summed E-state index contributed by atoms with van der Waals surface area (Å²) >= 11 is 0. The van der Waals surface area contributed by atoms with Gasteiger partial charge in [0, 0.05) is 11.8 Å². The van der Waals surface area contributed by atoms with Gasteiger partial charge < -0.3 is 0 Å². The third kappa shape index (κ3) is 1.89. The van der Waals surface area contributed by atoms with Crippen molar-refractivity contribution in [3.63, 3.8) is 0 Å². The zero-order valence-electron chi connectivity index (χ0n) is 10.2. The first kappa shape index (κ1) is 10.9. The minimum absolute atomic E-state index is 0.0531. The molecule has 2 aliphatic rings. The molecular formula is C14H22O. The van der Waals surface area contributed by atoms with Gasteiger partial charge in [0.15, 0.2) is 0 Å². The molecule has 1 saturated carbocycles. The molecule has 2 unspecified atom stereocenters. The quantitative estimate of drug-likeness (QED) is 0.552. The monoisotopic (exact) mass is 206 g/mol. The maximum atomic E-state index is 12.4. The first-order valence-corrected chi connectivity index (χ1v) is 6.12. The number of carbonyl (C=O) groups is 1. The average molecular weight is 206 g/mol. The number of hydrogen-bond donors (Lipinski definition) is 0. The third-order valence-electron chi connectivity index (χ3n) is 4.48. The highest BCUT2D eigenvalue weighted by Gasteiger charge is 2.45. The van der Waals surface area contributed by atoms with Crippen LogP contribution in [-0.2, 0) is 4.79 Å². The minimum atomic E-state index is -0.0531. The maximum absolute atomic E-state index is 12.4. The zero-order valence-corrected chi connectivity index (χ0v) is 10.2. The van der Waals surface area contributed by atoms with Crippen LogP contribution in [0.25, 0.3) is 0 Å². The summed E-state index contributed by atoms with van der Waals surface area (Å²) in [6, 6.07) is 0. The van der Waals surface area contributed by atoms with Gasteiger partial charge in [-0.25, -0.2) is 0 Å². The van der Waals surface area contributed by atoms with E-state index in [4.69, 9.17) is 0 Å². The lowest BCUT2D eigenvalue weighted by molar-refractivity contribution is -0.131. The molecule has 84 valence electrons. The Morgan fingerprint density at radius 1 is 1.27 bits per heavy atom. The van der Waals surface area contributed by atoms with Gasteiger partial charge in [-0.1, -0.05) is 32.9 Å². The number of rotatable bonds is 0. The molecule has 15 heavy (non-hydrogen) atoms. The molecule has 0 radical (unpaired) electrons. The highest BCUT2D eigenvalue weighted by atomic mass is 16.1. The molecule has 2 rings (SSSR count). The van der Waals surface area contributed by atoms with Crippen LogP contribution < -0.4 is 0 Å². The van der Waals surface area contributed by atoms with Crippen molar-refractivity contribution in [2.75, 3.05) is 0 Å². The van der Waals surface area contributed by atoms with Gasteiger partial charge in [0.05, 0.1) is 0 Å². The third-order valence-corrected chi connectivity index (χ3v) is 4.48. The first-order valence-electron chi connectivity index (χ1n) is 6.12. The predicted molar refractivity (Wildman–Crippen MR) is 62.6 cm³/mol. The largest absolute Gasteiger partial charge is 0.299 e. The molecule has 1 heteroatoms. The second-order valence-electron chi connectivity index (χ2n) is 6.33. The zero-order chi connectivity index (χ0) is 11.1. The minimum Gasteiger partial charge on any atom is -0.299 e. The molecule has 2 atom stereocenters. The van der Waals surface area contributed by atoms with Crippen molar-refractivity contribution in [3.05, 3.63) is 12.2 Å². The first-order chi connectivity index (χ1) is 6.94. The van der Waals surface area contributed by atoms with Gasteiger partial charge in [0.25, 0.3) is 0 Å². The molecule has 0 bridgehead atoms. The van der Waals surface area contributed by atoms with Gasteiger partial charge in [-0.15, -0.1) is 0 Å². The van der Waals surface area contributed by atoms with Crippen molar-refractivity contribution >= 4 is 5.78 Å². The van der Waals surface area contributed by atoms with E-state index >= 15 is 0 Å². The summed E-state index contributed by atoms with van der Waals surface area (Å²) < 4.78 is 0. The van der Waals surface area contributed by atoms with E-state index in [1.807, 2.05) is 0 Å². The summed E-state index contributed by atoms with van der Waals surface area (Å²) in [7, 11) is 0. The predicted octanol–water partition coefficient (Wildman–Crippen LogP) is 3.74. The molecule has 0 aromatic rings. The molecule has 0 amide bonds. The summed E-state index contributed by atoms with van der Waals surface area (Å²) in [6.45, 7) is 6.66. The van der Waals surface area contributed by atoms with E-state index < -0.39 is 0 Å². The van der Waals surface area contributed by atoms with Gasteiger partial charge in [-0.3, -0.25) is 4.79 Å². The second-order valence-corrected chi connectivity index (χ2v) is 6.33. The van der Waals surface area contributed by atoms with Gasteiger partial charge >= 0.3 is 0 Å². The highest BCUT2D eigenvalue weighted by Crippen LogP contribution is 2.48. The van der Waals surface area contributed by atoms with Gasteiger partial charge in [0.1, 0.15) is 5.78 Å². The molecule has 0 saturated heterocycles. The Kier molecular flexibility index (Phi) is 2.52. The van der Waals surface area contributed by atoms with Crippen LogP contribution in [0, 0.1) is 16.7 Å². The van der Waals surface area contributed by atoms with Gasteiger partial charge in [-0.2, -0.15) is 0 Å². The van der Waals surface area contributed by atoms with Crippen LogP contribution >= 0.6 is 0 Å². The lowest BCUT2D eigenvalue weighted by atomic mass is 9.66. The standard InChI is InChI=1S/C14H22O/c1-13(2)9-7-11-6-4-5-8-14(11,3)12(15)10-13/h4-5,11H,6-10H2,1-3H3. The highest BCUT2D eigenvalue weighted by molar-refractivity contribution is 5.86. The van der Waals surface area contributed by atoms with Crippen LogP contribution in [0.3, 0.4) is 0 Å². The molecule has 1 nitrogen and oxygen atoms in total. The van der Waals surface area contributed by atoms with E-state index in [2.05, 4.69) is 32.9 Å². The molecule has 2 aliphatic carbocycles. The van der Waals surface area contributed by atoms with Crippen molar-refractivity contribution in [2.45, 2.75) is 52.9 Å². The fourth-order valence-electron chi connectivity index (χ4n) is 3.08. The van der Waals surface area contributed by atoms with Crippen LogP contribution in [-0.4, -0.2) is 5.78 Å². The summed E-state index contributed by atoms with van der Waals surface area (Å²) in [5, 5.41) is 0. The van der Waals surface area contributed by atoms with Gasteiger partial charge in [-0.05, 0) is 37.0 Å². The number of carbonyl (C=O) groups excluding carboxylic acids is 1. The average Bonchev–Trinajstić information content (AvgIpc) is 2.23. The molecule has 0 N–H and O–H groups in total. The molecule has 0 spiro atoms. The SMILES string of the molecule is CC1(C)CCC2CC=CCC2(C)C(=O)C1. The van der Waals surface area contributed by atoms with E-state index in [0.29, 0.717) is 11.7 Å². The number of ketones is 1. The lowest BCUT2D eigenvalue weighted by Crippen LogP contribution is -2.36. The van der Waals surface area contributed by atoms with E-state index in [0.717, 1.165) is 19.3 Å². The van der Waals surface area contributed by atoms with Crippen molar-refractivity contribution in [2.24, 2.45) is 16.7 Å². The number of hydrogen-bond acceptors (Lipinski definition) is 1. The Balaban J connectivity index is 2.29. The molecule has 1 fully saturated rings. The summed E-state index contributed by atoms with van der Waals surface area (Å²) in [6.07, 6.45) is 9.73. The van der Waals surface area contributed by atoms with Crippen LogP contribution in [0.15, 0.2) is 12.2 Å². The summed E-state index contributed by atoms with van der Waals surface area (Å²) in [5.41, 5.74) is 0.167. The van der Waals surface area contributed by atoms with E-state index in [9.17, 15) is 4.79 Å². The molecule has 0 aromatic heterocycles. The number of fused-ring (bicyclic) bond motifs is 1. The van der Waals surface area contributed by atoms with Gasteiger partial charge in [0.2, 0.25) is 0 Å². The smallest absolute Gasteiger partial charge is 0.139 e. The van der Waals surface area contributed by atoms with Crippen molar-refractivity contribution in [1.29, 1.82) is 0 Å². The Hall–Kier alpha value is -0.590. The normalized spacial score (nSPS) is 39.7. The topological polar surface area (TPSA) is 17.1 Å². The van der Waals surface area contributed by atoms with Crippen LogP contribution in [0.2, 0.25) is 0 Å².